The van der Waals surface area contributed by atoms with E-state index in [1.165, 1.54) is 0 Å². The van der Waals surface area contributed by atoms with Crippen molar-refractivity contribution in [3.63, 3.8) is 0 Å². The summed E-state index contributed by atoms with van der Waals surface area (Å²) < 4.78 is 10.3. The van der Waals surface area contributed by atoms with Crippen molar-refractivity contribution in [3.05, 3.63) is 41.5 Å². The Labute approximate surface area is 159 Å². The number of aromatic nitrogens is 2. The lowest BCUT2D eigenvalue weighted by Gasteiger charge is -2.12. The number of nitrogens with zero attached hydrogens (tertiary/aromatic N) is 3. The van der Waals surface area contributed by atoms with Crippen LogP contribution >= 0.6 is 24.0 Å². The molecule has 0 spiro atoms. The average molecular weight is 445 g/mol. The molecule has 7 nitrogen and oxygen atoms in total. The maximum absolute atomic E-state index is 5.22. The fourth-order valence-electron chi connectivity index (χ4n) is 2.08. The Kier molecular flexibility index (Phi) is 9.13. The summed E-state index contributed by atoms with van der Waals surface area (Å²) in [4.78, 5) is 8.38. The lowest BCUT2D eigenvalue weighted by molar-refractivity contribution is 0.372. The van der Waals surface area contributed by atoms with Gasteiger partial charge >= 0.3 is 0 Å². The van der Waals surface area contributed by atoms with Gasteiger partial charge in [-0.25, -0.2) is 0 Å². The predicted molar refractivity (Wildman–Crippen MR) is 104 cm³/mol. The number of nitrogens with one attached hydrogen (secondary N) is 2. The van der Waals surface area contributed by atoms with Crippen molar-refractivity contribution < 1.29 is 9.26 Å². The van der Waals surface area contributed by atoms with E-state index in [2.05, 4.69) is 25.8 Å². The number of rotatable bonds is 7. The molecule has 0 saturated heterocycles. The standard InChI is InChI=1S/C16H23N5O2.HI/c1-12-20-15(23-21-12)8-5-9-18-16(17-2)19-11-13-6-4-7-14(10-13)22-3;/h4,6-7,10H,5,8-9,11H2,1-3H3,(H2,17,18,19);1H. The van der Waals surface area contributed by atoms with E-state index in [1.54, 1.807) is 14.2 Å². The van der Waals surface area contributed by atoms with Gasteiger partial charge < -0.3 is 19.9 Å². The Morgan fingerprint density at radius 1 is 1.33 bits per heavy atom. The van der Waals surface area contributed by atoms with E-state index in [0.29, 0.717) is 18.3 Å². The zero-order valence-electron chi connectivity index (χ0n) is 14.2. The molecular weight excluding hydrogens is 421 g/mol. The number of hydrogen-bond donors (Lipinski definition) is 2. The van der Waals surface area contributed by atoms with E-state index >= 15 is 0 Å². The van der Waals surface area contributed by atoms with E-state index < -0.39 is 0 Å². The van der Waals surface area contributed by atoms with Crippen LogP contribution < -0.4 is 15.4 Å². The molecule has 8 heteroatoms. The van der Waals surface area contributed by atoms with Gasteiger partial charge in [-0.1, -0.05) is 17.3 Å². The van der Waals surface area contributed by atoms with Crippen molar-refractivity contribution in [2.75, 3.05) is 20.7 Å². The van der Waals surface area contributed by atoms with E-state index in [0.717, 1.165) is 36.7 Å². The quantitative estimate of drug-likeness (QED) is 0.295. The number of methoxy groups -OCH3 is 1. The molecule has 0 bridgehead atoms. The number of hydrogen-bond acceptors (Lipinski definition) is 5. The molecule has 2 aromatic rings. The summed E-state index contributed by atoms with van der Waals surface area (Å²) in [7, 11) is 3.42. The van der Waals surface area contributed by atoms with Crippen LogP contribution in [0.1, 0.15) is 23.7 Å². The minimum absolute atomic E-state index is 0. The summed E-state index contributed by atoms with van der Waals surface area (Å²) >= 11 is 0. The molecule has 1 aromatic heterocycles. The van der Waals surface area contributed by atoms with Crippen molar-refractivity contribution in [1.29, 1.82) is 0 Å². The van der Waals surface area contributed by atoms with Crippen LogP contribution in [0.5, 0.6) is 5.75 Å². The van der Waals surface area contributed by atoms with Crippen LogP contribution in [-0.4, -0.2) is 36.8 Å². The van der Waals surface area contributed by atoms with Crippen molar-refractivity contribution >= 4 is 29.9 Å². The number of aliphatic imine (C=N–C) groups is 1. The fourth-order valence-corrected chi connectivity index (χ4v) is 2.08. The van der Waals surface area contributed by atoms with E-state index in [1.807, 2.05) is 31.2 Å². The summed E-state index contributed by atoms with van der Waals surface area (Å²) in [5.74, 6) is 2.95. The van der Waals surface area contributed by atoms with Gasteiger partial charge in [0.2, 0.25) is 5.89 Å². The minimum Gasteiger partial charge on any atom is -0.497 e. The highest BCUT2D eigenvalue weighted by Crippen LogP contribution is 2.11. The van der Waals surface area contributed by atoms with Crippen LogP contribution in [0.15, 0.2) is 33.8 Å². The Morgan fingerprint density at radius 2 is 2.17 bits per heavy atom. The smallest absolute Gasteiger partial charge is 0.226 e. The second kappa shape index (κ2) is 10.8. The first-order valence-corrected chi connectivity index (χ1v) is 7.58. The Hall–Kier alpha value is -1.84. The second-order valence-electron chi connectivity index (χ2n) is 5.04. The topological polar surface area (TPSA) is 84.6 Å². The number of benzene rings is 1. The van der Waals surface area contributed by atoms with E-state index in [9.17, 15) is 0 Å². The number of halogens is 1. The van der Waals surface area contributed by atoms with Crippen molar-refractivity contribution in [2.24, 2.45) is 4.99 Å². The molecule has 24 heavy (non-hydrogen) atoms. The summed E-state index contributed by atoms with van der Waals surface area (Å²) in [6.07, 6.45) is 1.64. The first kappa shape index (κ1) is 20.2. The zero-order valence-corrected chi connectivity index (χ0v) is 16.5. The summed E-state index contributed by atoms with van der Waals surface area (Å²) in [5.41, 5.74) is 1.13. The Balaban J connectivity index is 0.00000288. The number of guanidine groups is 1. The van der Waals surface area contributed by atoms with Gasteiger partial charge in [-0.3, -0.25) is 4.99 Å². The SMILES string of the molecule is CN=C(NCCCc1nc(C)no1)NCc1cccc(OC)c1.I. The Morgan fingerprint density at radius 3 is 2.83 bits per heavy atom. The third-order valence-corrected chi connectivity index (χ3v) is 3.25. The van der Waals surface area contributed by atoms with Crippen molar-refractivity contribution in [2.45, 2.75) is 26.3 Å². The van der Waals surface area contributed by atoms with Crippen LogP contribution in [-0.2, 0) is 13.0 Å². The normalized spacial score (nSPS) is 10.9. The highest BCUT2D eigenvalue weighted by atomic mass is 127. The maximum atomic E-state index is 5.22. The van der Waals surface area contributed by atoms with Crippen LogP contribution in [0.4, 0.5) is 0 Å². The molecule has 0 amide bonds. The minimum atomic E-state index is 0. The molecule has 2 rings (SSSR count). The molecular formula is C16H24IN5O2. The van der Waals surface area contributed by atoms with Crippen LogP contribution in [0.2, 0.25) is 0 Å². The molecule has 0 fully saturated rings. The third-order valence-electron chi connectivity index (χ3n) is 3.25. The molecule has 0 unspecified atom stereocenters. The molecule has 0 aliphatic carbocycles. The average Bonchev–Trinajstić information content (AvgIpc) is 2.99. The highest BCUT2D eigenvalue weighted by Gasteiger charge is 2.03. The lowest BCUT2D eigenvalue weighted by Crippen LogP contribution is -2.37. The number of ether oxygens (including phenoxy) is 1. The summed E-state index contributed by atoms with van der Waals surface area (Å²) in [6, 6.07) is 7.94. The monoisotopic (exact) mass is 445 g/mol. The van der Waals surface area contributed by atoms with Crippen molar-refractivity contribution in [1.82, 2.24) is 20.8 Å². The third kappa shape index (κ3) is 6.73. The molecule has 0 aliphatic rings. The molecule has 0 aliphatic heterocycles. The largest absolute Gasteiger partial charge is 0.497 e. The first-order valence-electron chi connectivity index (χ1n) is 7.58. The predicted octanol–water partition coefficient (Wildman–Crippen LogP) is 2.30. The van der Waals surface area contributed by atoms with Gasteiger partial charge in [0, 0.05) is 26.6 Å². The molecule has 0 atom stereocenters. The molecule has 2 N–H and O–H groups in total. The maximum Gasteiger partial charge on any atom is 0.226 e. The van der Waals surface area contributed by atoms with Crippen molar-refractivity contribution in [3.8, 4) is 5.75 Å². The van der Waals surface area contributed by atoms with Crippen LogP contribution in [0.25, 0.3) is 0 Å². The summed E-state index contributed by atoms with van der Waals surface area (Å²) in [5, 5.41) is 10.3. The summed E-state index contributed by atoms with van der Waals surface area (Å²) in [6.45, 7) is 3.27. The fraction of sp³-hybridized carbons (Fsp3) is 0.438. The second-order valence-corrected chi connectivity index (χ2v) is 5.04. The van der Waals surface area contributed by atoms with Gasteiger partial charge in [0.15, 0.2) is 11.8 Å². The van der Waals surface area contributed by atoms with Crippen LogP contribution in [0, 0.1) is 6.92 Å². The van der Waals surface area contributed by atoms with Gasteiger partial charge in [0.05, 0.1) is 7.11 Å². The number of aryl methyl sites for hydroxylation is 2. The van der Waals surface area contributed by atoms with Gasteiger partial charge in [-0.15, -0.1) is 24.0 Å². The van der Waals surface area contributed by atoms with Gasteiger partial charge in [0.1, 0.15) is 5.75 Å². The first-order chi connectivity index (χ1) is 11.2. The molecule has 132 valence electrons. The lowest BCUT2D eigenvalue weighted by atomic mass is 10.2. The van der Waals surface area contributed by atoms with Gasteiger partial charge in [-0.05, 0) is 31.0 Å². The van der Waals surface area contributed by atoms with Crippen LogP contribution in [0.3, 0.4) is 0 Å². The molecule has 0 radical (unpaired) electrons. The van der Waals surface area contributed by atoms with Gasteiger partial charge in [-0.2, -0.15) is 4.98 Å². The highest BCUT2D eigenvalue weighted by molar-refractivity contribution is 14.0. The molecule has 1 heterocycles. The van der Waals surface area contributed by atoms with E-state index in [4.69, 9.17) is 9.26 Å². The molecule has 1 aromatic carbocycles. The molecule has 0 saturated carbocycles. The zero-order chi connectivity index (χ0) is 16.5. The van der Waals surface area contributed by atoms with Gasteiger partial charge in [0.25, 0.3) is 0 Å². The van der Waals surface area contributed by atoms with E-state index in [-0.39, 0.29) is 24.0 Å². The Bertz CT molecular complexity index is 645.